The van der Waals surface area contributed by atoms with E-state index in [2.05, 4.69) is 5.32 Å². The second-order valence-corrected chi connectivity index (χ2v) is 4.44. The van der Waals surface area contributed by atoms with E-state index in [1.165, 1.54) is 0 Å². The van der Waals surface area contributed by atoms with Gasteiger partial charge < -0.3 is 10.6 Å². The summed E-state index contributed by atoms with van der Waals surface area (Å²) in [5.41, 5.74) is 5.79. The first-order chi connectivity index (χ1) is 10.3. The summed E-state index contributed by atoms with van der Waals surface area (Å²) in [6.45, 7) is -1.26. The maximum atomic E-state index is 12.5. The SMILES string of the molecule is [2H]c1cc([2H])c2c(c1N)C([2H])N(C1CCC(=O)NC1=O)C2=O. The number of nitrogens with zero attached hydrogens (tertiary/aromatic N) is 1. The predicted octanol–water partition coefficient (Wildman–Crippen LogP) is 0.0298. The fourth-order valence-corrected chi connectivity index (χ4v) is 2.29. The lowest BCUT2D eigenvalue weighted by Gasteiger charge is -2.29. The van der Waals surface area contributed by atoms with Crippen LogP contribution in [-0.4, -0.2) is 28.7 Å². The minimum Gasteiger partial charge on any atom is -0.398 e. The van der Waals surface area contributed by atoms with E-state index >= 15 is 0 Å². The number of nitrogen functional groups attached to an aromatic ring is 1. The van der Waals surface area contributed by atoms with E-state index in [1.807, 2.05) is 0 Å². The van der Waals surface area contributed by atoms with Gasteiger partial charge >= 0.3 is 0 Å². The van der Waals surface area contributed by atoms with Crippen molar-refractivity contribution in [1.29, 1.82) is 0 Å². The van der Waals surface area contributed by atoms with Gasteiger partial charge in [-0.25, -0.2) is 0 Å². The number of nitrogens with two attached hydrogens (primary N) is 1. The lowest BCUT2D eigenvalue weighted by atomic mass is 10.0. The van der Waals surface area contributed by atoms with Crippen molar-refractivity contribution in [2.75, 3.05) is 5.73 Å². The molecule has 1 fully saturated rings. The second kappa shape index (κ2) is 4.08. The number of amides is 3. The number of piperidine rings is 1. The summed E-state index contributed by atoms with van der Waals surface area (Å²) in [6, 6.07) is -0.120. The minimum absolute atomic E-state index is 0.0332. The average Bonchev–Trinajstić information content (AvgIpc) is 2.69. The van der Waals surface area contributed by atoms with Crippen molar-refractivity contribution in [2.45, 2.75) is 25.4 Å². The topological polar surface area (TPSA) is 92.5 Å². The van der Waals surface area contributed by atoms with Crippen LogP contribution in [0.1, 0.15) is 32.9 Å². The third kappa shape index (κ3) is 1.76. The molecule has 2 heterocycles. The molecular formula is C13H13N3O3. The number of carbonyl (C=O) groups is 3. The number of hydrogen-bond acceptors (Lipinski definition) is 4. The monoisotopic (exact) mass is 262 g/mol. The third-order valence-corrected chi connectivity index (χ3v) is 3.27. The highest BCUT2D eigenvalue weighted by Crippen LogP contribution is 2.30. The van der Waals surface area contributed by atoms with Gasteiger partial charge in [0.15, 0.2) is 0 Å². The van der Waals surface area contributed by atoms with Crippen LogP contribution in [0, 0.1) is 0 Å². The van der Waals surface area contributed by atoms with Crippen LogP contribution in [-0.2, 0) is 16.1 Å². The maximum Gasteiger partial charge on any atom is 0.255 e. The summed E-state index contributed by atoms with van der Waals surface area (Å²) in [5.74, 6) is -1.69. The first-order valence-electron chi connectivity index (χ1n) is 7.38. The van der Waals surface area contributed by atoms with E-state index in [4.69, 9.17) is 9.85 Å². The van der Waals surface area contributed by atoms with E-state index in [0.29, 0.717) is 0 Å². The fraction of sp³-hybridized carbons (Fsp3) is 0.308. The summed E-state index contributed by atoms with van der Waals surface area (Å²) in [5, 5.41) is 2.14. The molecular weight excluding hydrogens is 246 g/mol. The summed E-state index contributed by atoms with van der Waals surface area (Å²) in [4.78, 5) is 36.7. The fourth-order valence-electron chi connectivity index (χ4n) is 2.29. The van der Waals surface area contributed by atoms with Crippen LogP contribution >= 0.6 is 0 Å². The molecule has 0 spiro atoms. The highest BCUT2D eigenvalue weighted by Gasteiger charge is 2.39. The average molecular weight is 262 g/mol. The van der Waals surface area contributed by atoms with Gasteiger partial charge in [-0.2, -0.15) is 0 Å². The second-order valence-electron chi connectivity index (χ2n) is 4.44. The van der Waals surface area contributed by atoms with Crippen LogP contribution in [0.5, 0.6) is 0 Å². The Bertz CT molecular complexity index is 722. The van der Waals surface area contributed by atoms with Gasteiger partial charge in [0.05, 0.1) is 4.11 Å². The predicted molar refractivity (Wildman–Crippen MR) is 66.9 cm³/mol. The molecule has 6 heteroatoms. The van der Waals surface area contributed by atoms with E-state index in [9.17, 15) is 14.4 Å². The smallest absolute Gasteiger partial charge is 0.255 e. The number of rotatable bonds is 1. The van der Waals surface area contributed by atoms with Crippen molar-refractivity contribution in [3.8, 4) is 0 Å². The van der Waals surface area contributed by atoms with Crippen LogP contribution in [0.25, 0.3) is 0 Å². The molecule has 98 valence electrons. The van der Waals surface area contributed by atoms with Gasteiger partial charge in [0, 0.05) is 29.8 Å². The summed E-state index contributed by atoms with van der Waals surface area (Å²) < 4.78 is 23.7. The quantitative estimate of drug-likeness (QED) is 0.551. The maximum absolute atomic E-state index is 12.5. The Balaban J connectivity index is 2.06. The Labute approximate surface area is 113 Å². The van der Waals surface area contributed by atoms with Crippen molar-refractivity contribution in [1.82, 2.24) is 10.2 Å². The molecule has 1 aromatic rings. The van der Waals surface area contributed by atoms with E-state index in [-0.39, 0.29) is 41.7 Å². The molecule has 3 amide bonds. The molecule has 1 aromatic carbocycles. The molecule has 0 saturated carbocycles. The van der Waals surface area contributed by atoms with Gasteiger partial charge in [-0.1, -0.05) is 6.07 Å². The third-order valence-electron chi connectivity index (χ3n) is 3.27. The van der Waals surface area contributed by atoms with Crippen molar-refractivity contribution in [2.24, 2.45) is 0 Å². The molecule has 0 radical (unpaired) electrons. The van der Waals surface area contributed by atoms with Gasteiger partial charge in [-0.3, -0.25) is 19.7 Å². The van der Waals surface area contributed by atoms with Gasteiger partial charge in [0.2, 0.25) is 11.8 Å². The Hall–Kier alpha value is -2.37. The van der Waals surface area contributed by atoms with E-state index in [1.54, 1.807) is 0 Å². The zero-order valence-electron chi connectivity index (χ0n) is 12.9. The Morgan fingerprint density at radius 1 is 1.42 bits per heavy atom. The van der Waals surface area contributed by atoms with Gasteiger partial charge in [0.1, 0.15) is 6.04 Å². The van der Waals surface area contributed by atoms with E-state index < -0.39 is 30.3 Å². The van der Waals surface area contributed by atoms with Crippen molar-refractivity contribution in [3.05, 3.63) is 29.3 Å². The van der Waals surface area contributed by atoms with E-state index in [0.717, 1.165) is 11.0 Å². The van der Waals surface area contributed by atoms with Gasteiger partial charge in [-0.15, -0.1) is 0 Å². The largest absolute Gasteiger partial charge is 0.398 e. The first-order valence-corrected chi connectivity index (χ1v) is 5.81. The van der Waals surface area contributed by atoms with Crippen molar-refractivity contribution in [3.63, 3.8) is 0 Å². The molecule has 1 saturated heterocycles. The number of anilines is 1. The molecule has 0 aliphatic carbocycles. The summed E-state index contributed by atoms with van der Waals surface area (Å²) >= 11 is 0. The molecule has 0 aromatic heterocycles. The molecule has 2 atom stereocenters. The highest BCUT2D eigenvalue weighted by atomic mass is 16.2. The standard InChI is InChI=1S/C13H13N3O3/c14-9-3-1-2-7-8(9)6-16(13(7)19)10-4-5-11(17)15-12(10)18/h1-3,10H,4-6,14H2,(H,15,17,18)/i2D,3D,6D. The van der Waals surface area contributed by atoms with Crippen molar-refractivity contribution < 1.29 is 18.5 Å². The molecule has 2 aliphatic heterocycles. The Morgan fingerprint density at radius 2 is 2.21 bits per heavy atom. The number of fused-ring (bicyclic) bond motifs is 1. The molecule has 0 bridgehead atoms. The Kier molecular flexibility index (Phi) is 1.87. The highest BCUT2D eigenvalue weighted by molar-refractivity contribution is 6.06. The number of benzene rings is 1. The van der Waals surface area contributed by atoms with Gasteiger partial charge in [-0.05, 0) is 18.5 Å². The van der Waals surface area contributed by atoms with Crippen LogP contribution in [0.3, 0.4) is 0 Å². The molecule has 6 nitrogen and oxygen atoms in total. The lowest BCUT2D eigenvalue weighted by molar-refractivity contribution is -0.136. The van der Waals surface area contributed by atoms with Crippen LogP contribution in [0.2, 0.25) is 0 Å². The number of nitrogens with one attached hydrogen (secondary N) is 1. The molecule has 19 heavy (non-hydrogen) atoms. The zero-order valence-corrected chi connectivity index (χ0v) is 9.90. The number of carbonyl (C=O) groups excluding carboxylic acids is 3. The van der Waals surface area contributed by atoms with Crippen LogP contribution in [0.15, 0.2) is 18.2 Å². The molecule has 2 aliphatic rings. The molecule has 3 N–H and O–H groups in total. The van der Waals surface area contributed by atoms with Gasteiger partial charge in [0.25, 0.3) is 5.91 Å². The zero-order chi connectivity index (χ0) is 16.2. The first kappa shape index (κ1) is 8.68. The lowest BCUT2D eigenvalue weighted by Crippen LogP contribution is -2.52. The Morgan fingerprint density at radius 3 is 2.95 bits per heavy atom. The summed E-state index contributed by atoms with van der Waals surface area (Å²) in [6.07, 6.45) is 0.205. The minimum atomic E-state index is -1.26. The normalized spacial score (nSPS) is 28.5. The summed E-state index contributed by atoms with van der Waals surface area (Å²) in [7, 11) is 0. The molecule has 3 rings (SSSR count). The molecule has 2 unspecified atom stereocenters. The number of imide groups is 1. The van der Waals surface area contributed by atoms with Crippen LogP contribution in [0.4, 0.5) is 5.69 Å². The van der Waals surface area contributed by atoms with Crippen LogP contribution < -0.4 is 11.1 Å². The van der Waals surface area contributed by atoms with Crippen molar-refractivity contribution >= 4 is 23.4 Å². The number of hydrogen-bond donors (Lipinski definition) is 2.